The molecule has 2 atom stereocenters. The molecule has 2 aliphatic rings. The Kier molecular flexibility index (Phi) is 10.2. The number of hydrogen-bond acceptors (Lipinski definition) is 4. The van der Waals surface area contributed by atoms with Crippen LogP contribution < -0.4 is 15.8 Å². The van der Waals surface area contributed by atoms with Gasteiger partial charge in [-0.05, 0) is 86.5 Å². The largest absolute Gasteiger partial charge is 0.493 e. The minimum absolute atomic E-state index is 0.300. The summed E-state index contributed by atoms with van der Waals surface area (Å²) in [4.78, 5) is 26.5. The Labute approximate surface area is 231 Å². The Balaban J connectivity index is 1.22. The van der Waals surface area contributed by atoms with Gasteiger partial charge in [-0.15, -0.1) is 0 Å². The molecule has 1 fully saturated rings. The number of carbonyl (C=O) groups is 2. The number of primary amides is 1. The van der Waals surface area contributed by atoms with Gasteiger partial charge in [0.25, 0.3) is 5.91 Å². The first-order chi connectivity index (χ1) is 18.8. The lowest BCUT2D eigenvalue weighted by atomic mass is 9.89. The highest BCUT2D eigenvalue weighted by molar-refractivity contribution is 5.97. The van der Waals surface area contributed by atoms with E-state index >= 15 is 0 Å². The molecule has 1 saturated heterocycles. The molecule has 1 unspecified atom stereocenters. The molecule has 0 radical (unpaired) electrons. The molecule has 39 heavy (non-hydrogen) atoms. The topological polar surface area (TPSA) is 84.7 Å². The van der Waals surface area contributed by atoms with Crippen LogP contribution in [0.5, 0.6) is 5.75 Å². The van der Waals surface area contributed by atoms with Crippen LogP contribution in [0.4, 0.5) is 4.39 Å². The first kappa shape index (κ1) is 28.8. The highest BCUT2D eigenvalue weighted by Crippen LogP contribution is 2.31. The highest BCUT2D eigenvalue weighted by atomic mass is 19.1. The highest BCUT2D eigenvalue weighted by Gasteiger charge is 2.33. The van der Waals surface area contributed by atoms with E-state index < -0.39 is 17.6 Å². The van der Waals surface area contributed by atoms with Gasteiger partial charge in [0, 0.05) is 18.5 Å². The van der Waals surface area contributed by atoms with Crippen molar-refractivity contribution in [3.63, 3.8) is 0 Å². The molecule has 0 aromatic heterocycles. The van der Waals surface area contributed by atoms with Gasteiger partial charge >= 0.3 is 0 Å². The maximum atomic E-state index is 15.0. The summed E-state index contributed by atoms with van der Waals surface area (Å²) >= 11 is 0. The predicted molar refractivity (Wildman–Crippen MR) is 153 cm³/mol. The Morgan fingerprint density at radius 2 is 1.74 bits per heavy atom. The zero-order valence-electron chi connectivity index (χ0n) is 23.0. The molecule has 0 saturated carbocycles. The Bertz CT molecular complexity index is 1110. The minimum Gasteiger partial charge on any atom is -0.493 e. The van der Waals surface area contributed by atoms with Crippen molar-refractivity contribution >= 4 is 11.8 Å². The van der Waals surface area contributed by atoms with E-state index in [1.165, 1.54) is 0 Å². The van der Waals surface area contributed by atoms with E-state index in [0.29, 0.717) is 43.9 Å². The van der Waals surface area contributed by atoms with Crippen molar-refractivity contribution in [1.29, 1.82) is 0 Å². The number of carbonyl (C=O) groups excluding carboxylic acids is 2. The number of hydrogen-bond donors (Lipinski definition) is 2. The van der Waals surface area contributed by atoms with Crippen LogP contribution in [0.15, 0.2) is 60.7 Å². The van der Waals surface area contributed by atoms with Crippen LogP contribution >= 0.6 is 0 Å². The number of nitrogens with one attached hydrogen (secondary N) is 1. The molecular formula is C32H42FN3O3. The SMILES string of the molecule is CCCC[C@H](NC(=O)c1ccc(-c2ccc(OCC3CCN(CC4(F)CC=CCC4)CC3)cc2)cc1)C(N)=O. The summed E-state index contributed by atoms with van der Waals surface area (Å²) in [5.41, 5.74) is 6.89. The molecule has 210 valence electrons. The molecule has 6 nitrogen and oxygen atoms in total. The number of nitrogens with two attached hydrogens (primary N) is 1. The van der Waals surface area contributed by atoms with E-state index in [9.17, 15) is 14.0 Å². The van der Waals surface area contributed by atoms with Gasteiger partial charge in [0.05, 0.1) is 6.61 Å². The second-order valence-corrected chi connectivity index (χ2v) is 11.1. The van der Waals surface area contributed by atoms with E-state index in [0.717, 1.165) is 62.1 Å². The maximum absolute atomic E-state index is 15.0. The second-order valence-electron chi connectivity index (χ2n) is 11.1. The van der Waals surface area contributed by atoms with Gasteiger partial charge in [0.2, 0.25) is 5.91 Å². The van der Waals surface area contributed by atoms with Gasteiger partial charge in [-0.3, -0.25) is 9.59 Å². The van der Waals surface area contributed by atoms with Crippen LogP contribution in [0, 0.1) is 5.92 Å². The number of nitrogens with zero attached hydrogens (tertiary/aromatic N) is 1. The summed E-state index contributed by atoms with van der Waals surface area (Å²) < 4.78 is 21.1. The van der Waals surface area contributed by atoms with Gasteiger partial charge in [-0.1, -0.05) is 56.2 Å². The molecule has 1 aliphatic heterocycles. The zero-order valence-corrected chi connectivity index (χ0v) is 23.0. The number of likely N-dealkylation sites (tertiary alicyclic amines) is 1. The molecule has 7 heteroatoms. The van der Waals surface area contributed by atoms with Crippen LogP contribution in [-0.4, -0.2) is 54.7 Å². The standard InChI is InChI=1S/C32H42FN3O3/c1-2-3-7-29(30(34)37)35-31(38)27-10-8-25(9-11-27)26-12-14-28(15-13-26)39-22-24-16-20-36(21-17-24)23-32(33)18-5-4-6-19-32/h4-5,8-15,24,29H,2-3,6-7,16-23H2,1H3,(H2,34,37)(H,35,38)/t29-,32?/m0/s1. The summed E-state index contributed by atoms with van der Waals surface area (Å²) in [6.07, 6.45) is 10.5. The van der Waals surface area contributed by atoms with Crippen LogP contribution in [0.3, 0.4) is 0 Å². The number of piperidine rings is 1. The molecular weight excluding hydrogens is 493 g/mol. The third kappa shape index (κ3) is 8.40. The Morgan fingerprint density at radius 3 is 2.33 bits per heavy atom. The molecule has 2 aromatic carbocycles. The first-order valence-corrected chi connectivity index (χ1v) is 14.3. The second kappa shape index (κ2) is 13.7. The fourth-order valence-corrected chi connectivity index (χ4v) is 5.42. The summed E-state index contributed by atoms with van der Waals surface area (Å²) in [7, 11) is 0. The molecule has 4 rings (SSSR count). The van der Waals surface area contributed by atoms with E-state index in [2.05, 4.69) is 16.3 Å². The van der Waals surface area contributed by atoms with Crippen molar-refractivity contribution < 1.29 is 18.7 Å². The number of rotatable bonds is 12. The molecule has 1 aliphatic carbocycles. The third-order valence-electron chi connectivity index (χ3n) is 7.94. The maximum Gasteiger partial charge on any atom is 0.251 e. The quantitative estimate of drug-likeness (QED) is 0.343. The van der Waals surface area contributed by atoms with Crippen molar-refractivity contribution in [2.75, 3.05) is 26.2 Å². The van der Waals surface area contributed by atoms with E-state index in [-0.39, 0.29) is 5.91 Å². The summed E-state index contributed by atoms with van der Waals surface area (Å²) in [6, 6.07) is 14.6. The van der Waals surface area contributed by atoms with Crippen molar-refractivity contribution in [2.24, 2.45) is 11.7 Å². The lowest BCUT2D eigenvalue weighted by Gasteiger charge is -2.37. The molecule has 2 amide bonds. The molecule has 0 spiro atoms. The number of allylic oxidation sites excluding steroid dienone is 2. The minimum atomic E-state index is -1.06. The van der Waals surface area contributed by atoms with E-state index in [4.69, 9.17) is 10.5 Å². The number of benzene rings is 2. The number of ether oxygens (including phenoxy) is 1. The van der Waals surface area contributed by atoms with Crippen molar-refractivity contribution in [1.82, 2.24) is 10.2 Å². The molecule has 0 bridgehead atoms. The van der Waals surface area contributed by atoms with Crippen LogP contribution in [0.2, 0.25) is 0 Å². The van der Waals surface area contributed by atoms with Gasteiger partial charge in [-0.2, -0.15) is 0 Å². The number of alkyl halides is 1. The Hall–Kier alpha value is -3.19. The third-order valence-corrected chi connectivity index (χ3v) is 7.94. The average Bonchev–Trinajstić information content (AvgIpc) is 2.95. The fourth-order valence-electron chi connectivity index (χ4n) is 5.42. The van der Waals surface area contributed by atoms with Crippen molar-refractivity contribution in [2.45, 2.75) is 70.0 Å². The van der Waals surface area contributed by atoms with Crippen LogP contribution in [0.1, 0.15) is 68.6 Å². The lowest BCUT2D eigenvalue weighted by molar-refractivity contribution is -0.120. The van der Waals surface area contributed by atoms with Gasteiger partial charge < -0.3 is 20.7 Å². The fraction of sp³-hybridized carbons (Fsp3) is 0.500. The van der Waals surface area contributed by atoms with E-state index in [1.54, 1.807) is 12.1 Å². The first-order valence-electron chi connectivity index (χ1n) is 14.3. The van der Waals surface area contributed by atoms with Crippen LogP contribution in [-0.2, 0) is 4.79 Å². The number of unbranched alkanes of at least 4 members (excludes halogenated alkanes) is 1. The number of amides is 2. The zero-order chi connectivity index (χ0) is 27.7. The van der Waals surface area contributed by atoms with Crippen LogP contribution in [0.25, 0.3) is 11.1 Å². The van der Waals surface area contributed by atoms with Gasteiger partial charge in [0.1, 0.15) is 17.5 Å². The monoisotopic (exact) mass is 535 g/mol. The van der Waals surface area contributed by atoms with Gasteiger partial charge in [0.15, 0.2) is 0 Å². The summed E-state index contributed by atoms with van der Waals surface area (Å²) in [5.74, 6) is 0.505. The van der Waals surface area contributed by atoms with Crippen molar-refractivity contribution in [3.05, 3.63) is 66.2 Å². The lowest BCUT2D eigenvalue weighted by Crippen LogP contribution is -2.44. The van der Waals surface area contributed by atoms with E-state index in [1.807, 2.05) is 49.4 Å². The summed E-state index contributed by atoms with van der Waals surface area (Å²) in [5, 5.41) is 2.75. The van der Waals surface area contributed by atoms with Crippen molar-refractivity contribution in [3.8, 4) is 16.9 Å². The summed E-state index contributed by atoms with van der Waals surface area (Å²) in [6.45, 7) is 5.11. The van der Waals surface area contributed by atoms with Gasteiger partial charge in [-0.25, -0.2) is 4.39 Å². The smallest absolute Gasteiger partial charge is 0.251 e. The molecule has 1 heterocycles. The molecule has 2 aromatic rings. The normalized spacial score (nSPS) is 20.9. The number of halogens is 1. The average molecular weight is 536 g/mol. The Morgan fingerprint density at radius 1 is 1.08 bits per heavy atom. The molecule has 3 N–H and O–H groups in total. The predicted octanol–water partition coefficient (Wildman–Crippen LogP) is 5.67.